The van der Waals surface area contributed by atoms with Gasteiger partial charge in [-0.1, -0.05) is 46.2 Å². The minimum absolute atomic E-state index is 0.111. The summed E-state index contributed by atoms with van der Waals surface area (Å²) < 4.78 is 17.8. The molecule has 1 saturated carbocycles. The van der Waals surface area contributed by atoms with Crippen LogP contribution in [0.1, 0.15) is 84.2 Å². The van der Waals surface area contributed by atoms with Gasteiger partial charge in [-0.2, -0.15) is 0 Å². The van der Waals surface area contributed by atoms with Crippen molar-refractivity contribution >= 4 is 5.97 Å². The van der Waals surface area contributed by atoms with Gasteiger partial charge in [-0.15, -0.1) is 0 Å². The van der Waals surface area contributed by atoms with E-state index in [2.05, 4.69) is 52.0 Å². The summed E-state index contributed by atoms with van der Waals surface area (Å²) >= 11 is 0. The van der Waals surface area contributed by atoms with Crippen LogP contribution in [0.25, 0.3) is 11.5 Å². The zero-order chi connectivity index (χ0) is 24.9. The lowest BCUT2D eigenvalue weighted by molar-refractivity contribution is -0.163. The first kappa shape index (κ1) is 26.4. The van der Waals surface area contributed by atoms with Crippen LogP contribution in [0.4, 0.5) is 0 Å². The van der Waals surface area contributed by atoms with E-state index in [-0.39, 0.29) is 5.41 Å². The molecule has 0 amide bonds. The number of benzene rings is 1. The van der Waals surface area contributed by atoms with E-state index in [0.717, 1.165) is 49.1 Å². The van der Waals surface area contributed by atoms with E-state index in [1.807, 2.05) is 0 Å². The Morgan fingerprint density at radius 1 is 1.09 bits per heavy atom. The van der Waals surface area contributed by atoms with Crippen molar-refractivity contribution in [2.24, 2.45) is 11.8 Å². The molecule has 3 rings (SSSR count). The van der Waals surface area contributed by atoms with Crippen LogP contribution in [0.3, 0.4) is 0 Å². The molecule has 1 fully saturated rings. The molecule has 2 aromatic rings. The molecule has 0 bridgehead atoms. The summed E-state index contributed by atoms with van der Waals surface area (Å²) in [5.41, 5.74) is 2.10. The lowest BCUT2D eigenvalue weighted by Gasteiger charge is -2.31. The average molecular weight is 472 g/mol. The Labute approximate surface area is 204 Å². The monoisotopic (exact) mass is 471 g/mol. The minimum atomic E-state index is -1.14. The molecule has 34 heavy (non-hydrogen) atoms. The second-order valence-corrected chi connectivity index (χ2v) is 11.1. The van der Waals surface area contributed by atoms with Crippen LogP contribution < -0.4 is 0 Å². The van der Waals surface area contributed by atoms with Gasteiger partial charge in [-0.25, -0.2) is 9.78 Å². The fraction of sp³-hybridized carbons (Fsp3) is 0.643. The third-order valence-corrected chi connectivity index (χ3v) is 6.78. The highest BCUT2D eigenvalue weighted by Gasteiger charge is 2.30. The van der Waals surface area contributed by atoms with Crippen molar-refractivity contribution in [3.63, 3.8) is 0 Å². The molecular formula is C28H41NO5. The van der Waals surface area contributed by atoms with Crippen LogP contribution in [0, 0.1) is 11.8 Å². The fourth-order valence-corrected chi connectivity index (χ4v) is 4.42. The number of hydrogen-bond donors (Lipinski definition) is 1. The smallest absolute Gasteiger partial charge is 0.335 e. The Balaban J connectivity index is 1.53. The predicted molar refractivity (Wildman–Crippen MR) is 133 cm³/mol. The lowest BCUT2D eigenvalue weighted by atomic mass is 9.82. The third kappa shape index (κ3) is 6.92. The van der Waals surface area contributed by atoms with Crippen molar-refractivity contribution < 1.29 is 23.8 Å². The summed E-state index contributed by atoms with van der Waals surface area (Å²) in [6, 6.07) is 8.43. The molecule has 1 aromatic carbocycles. The minimum Gasteiger partial charge on any atom is -0.479 e. The molecule has 1 aromatic heterocycles. The van der Waals surface area contributed by atoms with Gasteiger partial charge < -0.3 is 19.0 Å². The van der Waals surface area contributed by atoms with Gasteiger partial charge in [0.05, 0.1) is 13.2 Å². The van der Waals surface area contributed by atoms with E-state index < -0.39 is 11.6 Å². The molecule has 6 nitrogen and oxygen atoms in total. The van der Waals surface area contributed by atoms with E-state index in [0.29, 0.717) is 37.5 Å². The molecule has 0 radical (unpaired) electrons. The second-order valence-electron chi connectivity index (χ2n) is 11.1. The first-order valence-corrected chi connectivity index (χ1v) is 12.5. The number of ether oxygens (including phenoxy) is 2. The number of carboxylic acid groups (broad SMARTS) is 1. The number of oxazole rings is 1. The van der Waals surface area contributed by atoms with Crippen LogP contribution in [0.5, 0.6) is 0 Å². The number of rotatable bonds is 10. The second kappa shape index (κ2) is 11.0. The summed E-state index contributed by atoms with van der Waals surface area (Å²) in [5.74, 6) is 1.43. The van der Waals surface area contributed by atoms with Gasteiger partial charge in [0.15, 0.2) is 5.60 Å². The highest BCUT2D eigenvalue weighted by atomic mass is 16.5. The number of aryl methyl sites for hydroxylation is 1. The lowest BCUT2D eigenvalue weighted by Crippen LogP contribution is -2.37. The van der Waals surface area contributed by atoms with Crippen LogP contribution >= 0.6 is 0 Å². The molecular weight excluding hydrogens is 430 g/mol. The van der Waals surface area contributed by atoms with E-state index in [4.69, 9.17) is 18.9 Å². The highest BCUT2D eigenvalue weighted by molar-refractivity contribution is 5.76. The summed E-state index contributed by atoms with van der Waals surface area (Å²) in [6.45, 7) is 13.5. The van der Waals surface area contributed by atoms with Crippen LogP contribution in [-0.4, -0.2) is 34.9 Å². The van der Waals surface area contributed by atoms with E-state index >= 15 is 0 Å². The Morgan fingerprint density at radius 3 is 2.32 bits per heavy atom. The number of carboxylic acids is 1. The number of hydrogen-bond acceptors (Lipinski definition) is 5. The molecule has 6 heteroatoms. The van der Waals surface area contributed by atoms with E-state index in [9.17, 15) is 9.90 Å². The maximum absolute atomic E-state index is 11.3. The Bertz CT molecular complexity index is 939. The third-order valence-electron chi connectivity index (χ3n) is 6.78. The van der Waals surface area contributed by atoms with Crippen molar-refractivity contribution in [2.45, 2.75) is 91.3 Å². The van der Waals surface area contributed by atoms with E-state index in [1.54, 1.807) is 13.8 Å². The largest absolute Gasteiger partial charge is 0.479 e. The van der Waals surface area contributed by atoms with Gasteiger partial charge in [0.25, 0.3) is 0 Å². The molecule has 0 saturated heterocycles. The quantitative estimate of drug-likeness (QED) is 0.431. The van der Waals surface area contributed by atoms with Crippen molar-refractivity contribution in [1.29, 1.82) is 0 Å². The fourth-order valence-electron chi connectivity index (χ4n) is 4.42. The van der Waals surface area contributed by atoms with Crippen molar-refractivity contribution in [2.75, 3.05) is 13.2 Å². The van der Waals surface area contributed by atoms with Crippen molar-refractivity contribution in [3.05, 3.63) is 41.3 Å². The summed E-state index contributed by atoms with van der Waals surface area (Å²) in [4.78, 5) is 16.0. The molecule has 0 spiro atoms. The zero-order valence-electron chi connectivity index (χ0n) is 21.6. The average Bonchev–Trinajstić information content (AvgIpc) is 3.21. The molecule has 1 aliphatic rings. The van der Waals surface area contributed by atoms with Gasteiger partial charge in [0.2, 0.25) is 5.89 Å². The molecule has 2 atom stereocenters. The van der Waals surface area contributed by atoms with Gasteiger partial charge in [-0.05, 0) is 68.1 Å². The van der Waals surface area contributed by atoms with Crippen LogP contribution in [0.2, 0.25) is 0 Å². The van der Waals surface area contributed by atoms with Crippen LogP contribution in [0.15, 0.2) is 28.7 Å². The topological polar surface area (TPSA) is 81.8 Å². The number of carbonyl (C=O) groups is 1. The number of nitrogens with zero attached hydrogens (tertiary/aromatic N) is 1. The number of aromatic nitrogens is 1. The number of aliphatic carboxylic acids is 1. The molecule has 1 aliphatic carbocycles. The first-order valence-electron chi connectivity index (χ1n) is 12.5. The van der Waals surface area contributed by atoms with Crippen LogP contribution in [-0.2, 0) is 32.7 Å². The maximum Gasteiger partial charge on any atom is 0.335 e. The molecule has 0 unspecified atom stereocenters. The van der Waals surface area contributed by atoms with Gasteiger partial charge in [-0.3, -0.25) is 0 Å². The Morgan fingerprint density at radius 2 is 1.74 bits per heavy atom. The first-order chi connectivity index (χ1) is 16.0. The molecule has 1 N–H and O–H groups in total. The van der Waals surface area contributed by atoms with Crippen molar-refractivity contribution in [1.82, 2.24) is 4.98 Å². The van der Waals surface area contributed by atoms with E-state index in [1.165, 1.54) is 5.56 Å². The van der Waals surface area contributed by atoms with Crippen molar-refractivity contribution in [3.8, 4) is 11.5 Å². The summed E-state index contributed by atoms with van der Waals surface area (Å²) in [6.07, 6.45) is 5.10. The summed E-state index contributed by atoms with van der Waals surface area (Å²) in [5, 5.41) is 9.25. The summed E-state index contributed by atoms with van der Waals surface area (Å²) in [7, 11) is 0. The maximum atomic E-state index is 11.3. The Kier molecular flexibility index (Phi) is 8.58. The highest BCUT2D eigenvalue weighted by Crippen LogP contribution is 2.31. The van der Waals surface area contributed by atoms with Gasteiger partial charge in [0, 0.05) is 18.6 Å². The SMILES string of the molecule is CCc1oc(-c2ccc(C(C)(C)C)cc2)nc1COC[C@@H]1CCC[C@H](COC(C)(C)C(=O)O)C1. The standard InChI is InChI=1S/C28H41NO5/c1-7-24-23(29-25(34-24)21-11-13-22(14-12-21)27(2,3)4)18-32-16-19-9-8-10-20(15-19)17-33-28(5,6)26(30)31/h11-14,19-20H,7-10,15-18H2,1-6H3,(H,30,31)/t19-,20+/m1/s1. The molecule has 1 heterocycles. The molecule has 188 valence electrons. The Hall–Kier alpha value is -2.18. The van der Waals surface area contributed by atoms with Gasteiger partial charge >= 0.3 is 5.97 Å². The predicted octanol–water partition coefficient (Wildman–Crippen LogP) is 6.40. The van der Waals surface area contributed by atoms with Gasteiger partial charge in [0.1, 0.15) is 11.5 Å². The molecule has 0 aliphatic heterocycles. The zero-order valence-corrected chi connectivity index (χ0v) is 21.6. The normalized spacial score (nSPS) is 19.4.